The largest absolute Gasteiger partial charge is 0.378 e. The minimum Gasteiger partial charge on any atom is -0.378 e. The van der Waals surface area contributed by atoms with Crippen molar-refractivity contribution in [3.63, 3.8) is 0 Å². The number of benzene rings is 1. The molecule has 0 bridgehead atoms. The van der Waals surface area contributed by atoms with Crippen LogP contribution in [-0.4, -0.2) is 41.6 Å². The van der Waals surface area contributed by atoms with Crippen LogP contribution in [0, 0.1) is 0 Å². The van der Waals surface area contributed by atoms with Gasteiger partial charge in [-0.3, -0.25) is 4.40 Å². The first kappa shape index (κ1) is 14.1. The molecule has 118 valence electrons. The Bertz CT molecular complexity index is 830. The summed E-state index contributed by atoms with van der Waals surface area (Å²) < 4.78 is 2.15. The lowest BCUT2D eigenvalue weighted by molar-refractivity contribution is 0.928. The first-order valence-corrected chi connectivity index (χ1v) is 8.09. The number of anilines is 2. The Hall–Kier alpha value is -2.56. The lowest BCUT2D eigenvalue weighted by Gasteiger charge is -2.17. The van der Waals surface area contributed by atoms with Crippen LogP contribution < -0.4 is 9.80 Å². The van der Waals surface area contributed by atoms with E-state index in [0.29, 0.717) is 0 Å². The summed E-state index contributed by atoms with van der Waals surface area (Å²) in [5, 5.41) is 0. The van der Waals surface area contributed by atoms with Crippen LogP contribution >= 0.6 is 0 Å². The van der Waals surface area contributed by atoms with Crippen molar-refractivity contribution in [2.24, 2.45) is 0 Å². The summed E-state index contributed by atoms with van der Waals surface area (Å²) in [6, 6.07) is 8.53. The van der Waals surface area contributed by atoms with Crippen LogP contribution in [0.1, 0.15) is 12.8 Å². The zero-order valence-electron chi connectivity index (χ0n) is 13.6. The Kier molecular flexibility index (Phi) is 3.41. The van der Waals surface area contributed by atoms with E-state index >= 15 is 0 Å². The van der Waals surface area contributed by atoms with Crippen LogP contribution in [0.2, 0.25) is 0 Å². The van der Waals surface area contributed by atoms with E-state index in [4.69, 9.17) is 0 Å². The molecule has 1 aromatic carbocycles. The van der Waals surface area contributed by atoms with Crippen molar-refractivity contribution < 1.29 is 0 Å². The predicted molar refractivity (Wildman–Crippen MR) is 94.2 cm³/mol. The van der Waals surface area contributed by atoms with E-state index in [1.165, 1.54) is 24.1 Å². The van der Waals surface area contributed by atoms with E-state index in [0.717, 1.165) is 30.2 Å². The number of hydrogen-bond donors (Lipinski definition) is 0. The van der Waals surface area contributed by atoms with Gasteiger partial charge < -0.3 is 9.80 Å². The van der Waals surface area contributed by atoms with Crippen LogP contribution in [0.25, 0.3) is 16.9 Å². The smallest absolute Gasteiger partial charge is 0.180 e. The Morgan fingerprint density at radius 3 is 2.70 bits per heavy atom. The van der Waals surface area contributed by atoms with Crippen molar-refractivity contribution >= 4 is 17.2 Å². The molecule has 4 rings (SSSR count). The van der Waals surface area contributed by atoms with Crippen LogP contribution in [0.15, 0.2) is 42.9 Å². The van der Waals surface area contributed by atoms with E-state index < -0.39 is 0 Å². The second-order valence-corrected chi connectivity index (χ2v) is 6.23. The summed E-state index contributed by atoms with van der Waals surface area (Å²) in [6.45, 7) is 2.15. The number of nitrogens with zero attached hydrogens (tertiary/aromatic N) is 5. The highest BCUT2D eigenvalue weighted by atomic mass is 15.2. The maximum Gasteiger partial charge on any atom is 0.180 e. The Labute approximate surface area is 136 Å². The van der Waals surface area contributed by atoms with Crippen molar-refractivity contribution in [3.8, 4) is 11.3 Å². The molecule has 1 aliphatic rings. The van der Waals surface area contributed by atoms with Crippen LogP contribution in [0.5, 0.6) is 0 Å². The van der Waals surface area contributed by atoms with E-state index in [2.05, 4.69) is 62.5 Å². The molecular formula is C18H21N5. The van der Waals surface area contributed by atoms with Crippen molar-refractivity contribution in [2.45, 2.75) is 12.8 Å². The predicted octanol–water partition coefficient (Wildman–Crippen LogP) is 3.06. The van der Waals surface area contributed by atoms with E-state index in [9.17, 15) is 0 Å². The van der Waals surface area contributed by atoms with Crippen molar-refractivity contribution in [3.05, 3.63) is 42.9 Å². The molecule has 3 heterocycles. The van der Waals surface area contributed by atoms with Gasteiger partial charge in [0.25, 0.3) is 0 Å². The van der Waals surface area contributed by atoms with Crippen molar-refractivity contribution in [1.82, 2.24) is 14.4 Å². The summed E-state index contributed by atoms with van der Waals surface area (Å²) in [7, 11) is 4.12. The molecule has 0 unspecified atom stereocenters. The zero-order chi connectivity index (χ0) is 15.8. The third-order valence-corrected chi connectivity index (χ3v) is 4.47. The Morgan fingerprint density at radius 1 is 1.09 bits per heavy atom. The molecule has 1 aliphatic heterocycles. The van der Waals surface area contributed by atoms with Crippen LogP contribution in [0.3, 0.4) is 0 Å². The van der Waals surface area contributed by atoms with Gasteiger partial charge in [-0.1, -0.05) is 12.1 Å². The molecule has 0 saturated carbocycles. The van der Waals surface area contributed by atoms with Gasteiger partial charge in [-0.2, -0.15) is 0 Å². The summed E-state index contributed by atoms with van der Waals surface area (Å²) in [6.07, 6.45) is 8.30. The SMILES string of the molecule is CN(C)c1cccc(-c2cnc3c(N4CCCC4)nccn23)c1. The first-order chi connectivity index (χ1) is 11.2. The third-order valence-electron chi connectivity index (χ3n) is 4.47. The Balaban J connectivity index is 1.83. The zero-order valence-corrected chi connectivity index (χ0v) is 13.6. The highest BCUT2D eigenvalue weighted by molar-refractivity contribution is 5.73. The fourth-order valence-corrected chi connectivity index (χ4v) is 3.21. The highest BCUT2D eigenvalue weighted by Gasteiger charge is 2.18. The van der Waals surface area contributed by atoms with Gasteiger partial charge in [-0.05, 0) is 25.0 Å². The molecule has 2 aromatic heterocycles. The average molecular weight is 307 g/mol. The molecule has 23 heavy (non-hydrogen) atoms. The van der Waals surface area contributed by atoms with Crippen molar-refractivity contribution in [1.29, 1.82) is 0 Å². The lowest BCUT2D eigenvalue weighted by atomic mass is 10.1. The minimum absolute atomic E-state index is 0.944. The maximum absolute atomic E-state index is 4.66. The number of rotatable bonds is 3. The standard InChI is InChI=1S/C18H21N5/c1-21(2)15-7-5-6-14(12-15)16-13-20-18-17(19-8-11-23(16)18)22-9-3-4-10-22/h5-8,11-13H,3-4,9-10H2,1-2H3. The number of fused-ring (bicyclic) bond motifs is 1. The van der Waals surface area contributed by atoms with E-state index in [1.807, 2.05) is 18.6 Å². The van der Waals surface area contributed by atoms with E-state index in [-0.39, 0.29) is 0 Å². The average Bonchev–Trinajstić information content (AvgIpc) is 3.24. The summed E-state index contributed by atoms with van der Waals surface area (Å²) in [5.74, 6) is 1.00. The highest BCUT2D eigenvalue weighted by Crippen LogP contribution is 2.28. The summed E-state index contributed by atoms with van der Waals surface area (Å²) >= 11 is 0. The van der Waals surface area contributed by atoms with Gasteiger partial charge in [0.15, 0.2) is 11.5 Å². The Morgan fingerprint density at radius 2 is 1.91 bits per heavy atom. The van der Waals surface area contributed by atoms with Gasteiger partial charge in [0, 0.05) is 50.8 Å². The molecule has 0 aliphatic carbocycles. The van der Waals surface area contributed by atoms with Crippen LogP contribution in [0.4, 0.5) is 11.5 Å². The van der Waals surface area contributed by atoms with Gasteiger partial charge >= 0.3 is 0 Å². The normalized spacial score (nSPS) is 14.6. The molecule has 5 heteroatoms. The number of imidazole rings is 1. The van der Waals surface area contributed by atoms with Crippen LogP contribution in [-0.2, 0) is 0 Å². The van der Waals surface area contributed by atoms with Gasteiger partial charge in [0.2, 0.25) is 0 Å². The molecule has 1 fully saturated rings. The summed E-state index contributed by atoms with van der Waals surface area (Å²) in [5.41, 5.74) is 4.40. The quantitative estimate of drug-likeness (QED) is 0.745. The monoisotopic (exact) mass is 307 g/mol. The topological polar surface area (TPSA) is 36.7 Å². The summed E-state index contributed by atoms with van der Waals surface area (Å²) in [4.78, 5) is 13.7. The second-order valence-electron chi connectivity index (χ2n) is 6.23. The fraction of sp³-hybridized carbons (Fsp3) is 0.333. The molecule has 0 N–H and O–H groups in total. The van der Waals surface area contributed by atoms with Gasteiger partial charge in [0.05, 0.1) is 11.9 Å². The number of hydrogen-bond acceptors (Lipinski definition) is 4. The van der Waals surface area contributed by atoms with Crippen molar-refractivity contribution in [2.75, 3.05) is 37.0 Å². The molecule has 5 nitrogen and oxygen atoms in total. The lowest BCUT2D eigenvalue weighted by Crippen LogP contribution is -2.19. The minimum atomic E-state index is 0.944. The fourth-order valence-electron chi connectivity index (χ4n) is 3.21. The molecule has 0 radical (unpaired) electrons. The molecule has 0 spiro atoms. The van der Waals surface area contributed by atoms with Gasteiger partial charge in [0.1, 0.15) is 0 Å². The molecular weight excluding hydrogens is 286 g/mol. The molecule has 3 aromatic rings. The van der Waals surface area contributed by atoms with Gasteiger partial charge in [-0.15, -0.1) is 0 Å². The molecule has 0 amide bonds. The second kappa shape index (κ2) is 5.57. The molecule has 1 saturated heterocycles. The maximum atomic E-state index is 4.66. The number of aromatic nitrogens is 3. The molecule has 0 atom stereocenters. The third kappa shape index (κ3) is 2.42. The van der Waals surface area contributed by atoms with E-state index in [1.54, 1.807) is 0 Å². The van der Waals surface area contributed by atoms with Gasteiger partial charge in [-0.25, -0.2) is 9.97 Å². The first-order valence-electron chi connectivity index (χ1n) is 8.09.